The lowest BCUT2D eigenvalue weighted by molar-refractivity contribution is -0.137. The Bertz CT molecular complexity index is 1160. The number of hydrogen-bond acceptors (Lipinski definition) is 5. The first kappa shape index (κ1) is 21.6. The number of halogens is 3. The van der Waals surface area contributed by atoms with Crippen LogP contribution in [0.4, 0.5) is 13.2 Å². The maximum absolute atomic E-state index is 12.9. The van der Waals surface area contributed by atoms with E-state index in [1.54, 1.807) is 10.9 Å². The summed E-state index contributed by atoms with van der Waals surface area (Å²) >= 11 is 0. The number of alkyl halides is 3. The van der Waals surface area contributed by atoms with Gasteiger partial charge >= 0.3 is 6.18 Å². The molecule has 0 atom stereocenters. The Morgan fingerprint density at radius 1 is 1.15 bits per heavy atom. The highest BCUT2D eigenvalue weighted by atomic mass is 19.4. The second-order valence-electron chi connectivity index (χ2n) is 8.82. The quantitative estimate of drug-likeness (QED) is 0.651. The van der Waals surface area contributed by atoms with Gasteiger partial charge in [-0.05, 0) is 25.0 Å². The number of carbonyl (C=O) groups is 1. The molecule has 5 rings (SSSR count). The van der Waals surface area contributed by atoms with Crippen LogP contribution in [0.3, 0.4) is 0 Å². The predicted octanol–water partition coefficient (Wildman–Crippen LogP) is 2.40. The van der Waals surface area contributed by atoms with Crippen molar-refractivity contribution in [1.29, 1.82) is 0 Å². The van der Waals surface area contributed by atoms with Crippen molar-refractivity contribution in [2.45, 2.75) is 44.1 Å². The number of aromatic nitrogens is 5. The van der Waals surface area contributed by atoms with E-state index in [0.717, 1.165) is 50.4 Å². The van der Waals surface area contributed by atoms with Gasteiger partial charge < -0.3 is 9.88 Å². The van der Waals surface area contributed by atoms with E-state index in [4.69, 9.17) is 0 Å². The minimum atomic E-state index is -4.40. The monoisotopic (exact) mass is 459 g/mol. The number of hydrogen-bond donors (Lipinski definition) is 1. The molecule has 11 heteroatoms. The van der Waals surface area contributed by atoms with E-state index < -0.39 is 17.3 Å². The number of nitrogens with zero attached hydrogens (tertiary/aromatic N) is 6. The van der Waals surface area contributed by atoms with Crippen molar-refractivity contribution in [3.05, 3.63) is 53.9 Å². The highest BCUT2D eigenvalue weighted by molar-refractivity contribution is 5.77. The molecule has 0 radical (unpaired) electrons. The first-order valence-corrected chi connectivity index (χ1v) is 10.8. The third kappa shape index (κ3) is 4.37. The van der Waals surface area contributed by atoms with E-state index >= 15 is 0 Å². The number of amides is 1. The third-order valence-corrected chi connectivity index (χ3v) is 6.51. The third-order valence-electron chi connectivity index (χ3n) is 6.51. The molecular formula is C22H24F3N7O. The Labute approximate surface area is 188 Å². The van der Waals surface area contributed by atoms with Gasteiger partial charge in [-0.15, -0.1) is 0 Å². The summed E-state index contributed by atoms with van der Waals surface area (Å²) in [7, 11) is 1.97. The van der Waals surface area contributed by atoms with Gasteiger partial charge in [-0.25, -0.2) is 14.6 Å². The molecule has 2 aliphatic heterocycles. The molecule has 33 heavy (non-hydrogen) atoms. The molecule has 0 aliphatic carbocycles. The number of piperidine rings is 1. The fraction of sp³-hybridized carbons (Fsp3) is 0.455. The summed E-state index contributed by atoms with van der Waals surface area (Å²) in [6, 6.07) is 4.77. The highest BCUT2D eigenvalue weighted by Crippen LogP contribution is 2.32. The summed E-state index contributed by atoms with van der Waals surface area (Å²) in [5, 5.41) is 7.61. The molecule has 2 aromatic heterocycles. The van der Waals surface area contributed by atoms with Gasteiger partial charge in [0.15, 0.2) is 5.82 Å². The molecular weight excluding hydrogens is 435 g/mol. The maximum atomic E-state index is 12.9. The van der Waals surface area contributed by atoms with Gasteiger partial charge in [0, 0.05) is 50.1 Å². The molecule has 0 unspecified atom stereocenters. The lowest BCUT2D eigenvalue weighted by Crippen LogP contribution is -2.56. The molecule has 8 nitrogen and oxygen atoms in total. The van der Waals surface area contributed by atoms with Crippen LogP contribution in [0.2, 0.25) is 0 Å². The number of imidazole rings is 1. The van der Waals surface area contributed by atoms with Crippen LogP contribution in [-0.4, -0.2) is 53.8 Å². The van der Waals surface area contributed by atoms with Crippen LogP contribution in [0.25, 0.3) is 11.4 Å². The molecule has 0 bridgehead atoms. The predicted molar refractivity (Wildman–Crippen MR) is 113 cm³/mol. The van der Waals surface area contributed by atoms with Crippen LogP contribution < -0.4 is 5.32 Å². The van der Waals surface area contributed by atoms with Gasteiger partial charge in [0.2, 0.25) is 5.91 Å². The average molecular weight is 459 g/mol. The number of nitrogens with one attached hydrogen (secondary N) is 1. The van der Waals surface area contributed by atoms with Gasteiger partial charge in [0.25, 0.3) is 0 Å². The summed E-state index contributed by atoms with van der Waals surface area (Å²) in [4.78, 5) is 24.0. The molecule has 1 saturated heterocycles. The first-order chi connectivity index (χ1) is 15.7. The van der Waals surface area contributed by atoms with E-state index in [2.05, 4.69) is 25.3 Å². The average Bonchev–Trinajstić information content (AvgIpc) is 3.32. The zero-order valence-corrected chi connectivity index (χ0v) is 18.1. The van der Waals surface area contributed by atoms with Crippen molar-refractivity contribution in [3.8, 4) is 11.4 Å². The number of fused-ring (bicyclic) bond motifs is 1. The lowest BCUT2D eigenvalue weighted by atomic mass is 9.84. The smallest absolute Gasteiger partial charge is 0.349 e. The van der Waals surface area contributed by atoms with Crippen LogP contribution in [0.15, 0.2) is 36.7 Å². The van der Waals surface area contributed by atoms with Crippen LogP contribution in [0.1, 0.15) is 30.1 Å². The molecule has 1 fully saturated rings. The van der Waals surface area contributed by atoms with Crippen molar-refractivity contribution in [1.82, 2.24) is 34.5 Å². The Hall–Kier alpha value is -3.21. The Balaban J connectivity index is 1.33. The van der Waals surface area contributed by atoms with Gasteiger partial charge in [0.05, 0.1) is 12.1 Å². The highest BCUT2D eigenvalue weighted by Gasteiger charge is 2.40. The topological polar surface area (TPSA) is 80.9 Å². The van der Waals surface area contributed by atoms with Crippen molar-refractivity contribution in [2.24, 2.45) is 7.05 Å². The molecule has 174 valence electrons. The van der Waals surface area contributed by atoms with Crippen LogP contribution in [0.5, 0.6) is 0 Å². The summed E-state index contributed by atoms with van der Waals surface area (Å²) in [6.45, 7) is 2.42. The maximum Gasteiger partial charge on any atom is 0.416 e. The van der Waals surface area contributed by atoms with Gasteiger partial charge in [-0.3, -0.25) is 9.69 Å². The minimum absolute atomic E-state index is 0.0434. The summed E-state index contributed by atoms with van der Waals surface area (Å²) < 4.78 is 42.2. The zero-order valence-electron chi connectivity index (χ0n) is 18.1. The van der Waals surface area contributed by atoms with Crippen LogP contribution >= 0.6 is 0 Å². The van der Waals surface area contributed by atoms with Crippen molar-refractivity contribution < 1.29 is 18.0 Å². The standard InChI is InChI=1S/C22H24F3N7O/c1-30-11-8-26-18(30)13-31-9-6-21(7-10-31)12-17-27-20(29-32(17)14-19(33)28-21)15-2-4-16(5-3-15)22(23,24)25/h2-5,8,11H,6-7,9-10,12-14H2,1H3,(H,28,33). The lowest BCUT2D eigenvalue weighted by Gasteiger charge is -2.41. The molecule has 1 spiro atoms. The minimum Gasteiger partial charge on any atom is -0.349 e. The van der Waals surface area contributed by atoms with E-state index in [1.807, 2.05) is 17.8 Å². The molecule has 2 aliphatic rings. The SMILES string of the molecule is Cn1ccnc1CN1CCC2(CC1)Cc1nc(-c3ccc(C(F)(F)F)cc3)nn1CC(=O)N2. The fourth-order valence-corrected chi connectivity index (χ4v) is 4.57. The molecule has 3 aromatic rings. The Kier molecular flexibility index (Phi) is 5.23. The molecule has 4 heterocycles. The molecule has 1 aromatic carbocycles. The molecule has 1 N–H and O–H groups in total. The fourth-order valence-electron chi connectivity index (χ4n) is 4.57. The molecule has 1 amide bonds. The summed E-state index contributed by atoms with van der Waals surface area (Å²) in [5.41, 5.74) is -0.640. The Morgan fingerprint density at radius 3 is 2.52 bits per heavy atom. The molecule has 0 saturated carbocycles. The van der Waals surface area contributed by atoms with E-state index in [0.29, 0.717) is 23.6 Å². The zero-order chi connectivity index (χ0) is 23.2. The second kappa shape index (κ2) is 7.98. The Morgan fingerprint density at radius 2 is 1.88 bits per heavy atom. The van der Waals surface area contributed by atoms with Gasteiger partial charge in [-0.2, -0.15) is 18.3 Å². The normalized spacial score (nSPS) is 18.7. The van der Waals surface area contributed by atoms with Crippen molar-refractivity contribution >= 4 is 5.91 Å². The number of rotatable bonds is 3. The first-order valence-electron chi connectivity index (χ1n) is 10.8. The summed E-state index contributed by atoms with van der Waals surface area (Å²) in [6.07, 6.45) is 1.38. The van der Waals surface area contributed by atoms with Gasteiger partial charge in [-0.1, -0.05) is 12.1 Å². The van der Waals surface area contributed by atoms with Crippen LogP contribution in [-0.2, 0) is 37.5 Å². The van der Waals surface area contributed by atoms with E-state index in [-0.39, 0.29) is 12.5 Å². The number of benzene rings is 1. The second-order valence-corrected chi connectivity index (χ2v) is 8.82. The van der Waals surface area contributed by atoms with E-state index in [9.17, 15) is 18.0 Å². The van der Waals surface area contributed by atoms with Crippen LogP contribution in [0, 0.1) is 0 Å². The largest absolute Gasteiger partial charge is 0.416 e. The van der Waals surface area contributed by atoms with Gasteiger partial charge in [0.1, 0.15) is 18.2 Å². The number of aryl methyl sites for hydroxylation is 1. The number of likely N-dealkylation sites (tertiary alicyclic amines) is 1. The van der Waals surface area contributed by atoms with E-state index in [1.165, 1.54) is 12.1 Å². The van der Waals surface area contributed by atoms with Crippen molar-refractivity contribution in [3.63, 3.8) is 0 Å². The van der Waals surface area contributed by atoms with Crippen molar-refractivity contribution in [2.75, 3.05) is 13.1 Å². The summed E-state index contributed by atoms with van der Waals surface area (Å²) in [5.74, 6) is 1.86. The number of carbonyl (C=O) groups excluding carboxylic acids is 1.